The van der Waals surface area contributed by atoms with Gasteiger partial charge >= 0.3 is 11.7 Å². The molecule has 2 N–H and O–H groups in total. The van der Waals surface area contributed by atoms with Crippen molar-refractivity contribution in [1.82, 2.24) is 9.55 Å². The smallest absolute Gasteiger partial charge is 0.419 e. The van der Waals surface area contributed by atoms with Gasteiger partial charge in [-0.3, -0.25) is 9.36 Å². The first-order valence-corrected chi connectivity index (χ1v) is 7.52. The van der Waals surface area contributed by atoms with Crippen LogP contribution in [0.1, 0.15) is 19.2 Å². The Morgan fingerprint density at radius 2 is 2.24 bits per heavy atom. The number of fused-ring (bicyclic) bond motifs is 1. The van der Waals surface area contributed by atoms with E-state index in [1.807, 2.05) is 0 Å². The largest absolute Gasteiger partial charge is 0.481 e. The molecule has 9 nitrogen and oxygen atoms in total. The summed E-state index contributed by atoms with van der Waals surface area (Å²) in [7, 11) is 0. The third-order valence-corrected chi connectivity index (χ3v) is 3.70. The van der Waals surface area contributed by atoms with Crippen molar-refractivity contribution < 1.29 is 28.6 Å². The SMILES string of the molecule is C[C@@](O)(Oc1cc2oc(=O)n(CCC(=O)O)c2cc1Cl)c1ncco1. The fourth-order valence-electron chi connectivity index (χ4n) is 2.27. The summed E-state index contributed by atoms with van der Waals surface area (Å²) in [5.41, 5.74) is 0.456. The van der Waals surface area contributed by atoms with E-state index in [9.17, 15) is 14.7 Å². The van der Waals surface area contributed by atoms with Crippen molar-refractivity contribution in [1.29, 1.82) is 0 Å². The first-order valence-electron chi connectivity index (χ1n) is 7.14. The lowest BCUT2D eigenvalue weighted by molar-refractivity contribution is -0.147. The number of oxazole rings is 2. The Balaban J connectivity index is 1.97. The highest BCUT2D eigenvalue weighted by Crippen LogP contribution is 2.34. The Kier molecular flexibility index (Phi) is 4.27. The lowest BCUT2D eigenvalue weighted by Crippen LogP contribution is -2.29. The summed E-state index contributed by atoms with van der Waals surface area (Å²) in [6.07, 6.45) is 2.38. The fourth-order valence-corrected chi connectivity index (χ4v) is 2.47. The molecule has 3 rings (SSSR count). The molecule has 0 radical (unpaired) electrons. The first kappa shape index (κ1) is 17.1. The number of aliphatic hydroxyl groups is 1. The van der Waals surface area contributed by atoms with Crippen molar-refractivity contribution in [2.75, 3.05) is 0 Å². The zero-order valence-electron chi connectivity index (χ0n) is 12.9. The predicted molar refractivity (Wildman–Crippen MR) is 84.4 cm³/mol. The summed E-state index contributed by atoms with van der Waals surface area (Å²) < 4.78 is 16.7. The number of hydrogen-bond acceptors (Lipinski definition) is 7. The maximum Gasteiger partial charge on any atom is 0.419 e. The second kappa shape index (κ2) is 6.26. The van der Waals surface area contributed by atoms with Crippen LogP contribution in [-0.2, 0) is 17.1 Å². The van der Waals surface area contributed by atoms with E-state index in [1.54, 1.807) is 0 Å². The van der Waals surface area contributed by atoms with E-state index in [1.165, 1.54) is 31.5 Å². The molecule has 0 aliphatic carbocycles. The molecular formula is C15H13ClN2O7. The molecule has 0 saturated heterocycles. The number of ether oxygens (including phenoxy) is 1. The lowest BCUT2D eigenvalue weighted by Gasteiger charge is -2.21. The number of rotatable bonds is 6. The molecule has 0 saturated carbocycles. The number of carboxylic acids is 1. The molecule has 1 aromatic carbocycles. The van der Waals surface area contributed by atoms with Crippen LogP contribution >= 0.6 is 11.6 Å². The maximum atomic E-state index is 11.9. The molecule has 132 valence electrons. The van der Waals surface area contributed by atoms with Gasteiger partial charge in [0.2, 0.25) is 0 Å². The second-order valence-electron chi connectivity index (χ2n) is 5.34. The van der Waals surface area contributed by atoms with Crippen molar-refractivity contribution in [3.05, 3.63) is 46.1 Å². The van der Waals surface area contributed by atoms with E-state index < -0.39 is 17.5 Å². The van der Waals surface area contributed by atoms with Gasteiger partial charge in [-0.2, -0.15) is 0 Å². The third kappa shape index (κ3) is 3.37. The van der Waals surface area contributed by atoms with Crippen molar-refractivity contribution >= 4 is 28.7 Å². The van der Waals surface area contributed by atoms with Gasteiger partial charge in [0, 0.05) is 19.5 Å². The van der Waals surface area contributed by atoms with Gasteiger partial charge in [-0.25, -0.2) is 9.78 Å². The average Bonchev–Trinajstić information content (AvgIpc) is 3.14. The molecule has 2 aromatic heterocycles. The first-order chi connectivity index (χ1) is 11.8. The van der Waals surface area contributed by atoms with E-state index >= 15 is 0 Å². The van der Waals surface area contributed by atoms with Crippen molar-refractivity contribution in [2.24, 2.45) is 0 Å². The molecule has 0 unspecified atom stereocenters. The van der Waals surface area contributed by atoms with Crippen LogP contribution in [0.3, 0.4) is 0 Å². The molecule has 0 bridgehead atoms. The van der Waals surface area contributed by atoms with Crippen LogP contribution in [0.15, 0.2) is 38.2 Å². The highest BCUT2D eigenvalue weighted by molar-refractivity contribution is 6.32. The van der Waals surface area contributed by atoms with Crippen LogP contribution in [0.2, 0.25) is 5.02 Å². The molecule has 0 aliphatic rings. The number of hydrogen-bond donors (Lipinski definition) is 2. The molecule has 3 aromatic rings. The van der Waals surface area contributed by atoms with Crippen LogP contribution in [0, 0.1) is 0 Å². The number of carbonyl (C=O) groups is 1. The summed E-state index contributed by atoms with van der Waals surface area (Å²) in [5, 5.41) is 19.2. The number of halogens is 1. The number of nitrogens with zero attached hydrogens (tertiary/aromatic N) is 2. The average molecular weight is 369 g/mol. The molecule has 10 heteroatoms. The number of aliphatic carboxylic acids is 1. The van der Waals surface area contributed by atoms with Crippen LogP contribution in [-0.4, -0.2) is 25.7 Å². The zero-order chi connectivity index (χ0) is 18.2. The minimum absolute atomic E-state index is 0.0384. The second-order valence-corrected chi connectivity index (χ2v) is 5.74. The molecule has 25 heavy (non-hydrogen) atoms. The Hall–Kier alpha value is -2.78. The van der Waals surface area contributed by atoms with Gasteiger partial charge in [-0.15, -0.1) is 0 Å². The van der Waals surface area contributed by atoms with E-state index in [4.69, 9.17) is 30.3 Å². The number of aryl methyl sites for hydroxylation is 1. The van der Waals surface area contributed by atoms with E-state index in [0.29, 0.717) is 5.52 Å². The molecule has 2 heterocycles. The molecule has 0 amide bonds. The molecular weight excluding hydrogens is 356 g/mol. The topological polar surface area (TPSA) is 128 Å². The molecule has 0 fully saturated rings. The van der Waals surface area contributed by atoms with Gasteiger partial charge in [0.05, 0.1) is 23.2 Å². The summed E-state index contributed by atoms with van der Waals surface area (Å²) >= 11 is 6.15. The number of carboxylic acid groups (broad SMARTS) is 1. The number of aromatic nitrogens is 2. The van der Waals surface area contributed by atoms with Crippen LogP contribution in [0.5, 0.6) is 5.75 Å². The highest BCUT2D eigenvalue weighted by Gasteiger charge is 2.32. The Labute approximate surface area is 145 Å². The van der Waals surface area contributed by atoms with E-state index in [-0.39, 0.29) is 35.2 Å². The third-order valence-electron chi connectivity index (χ3n) is 3.41. The molecule has 1 atom stereocenters. The standard InChI is InChI=1S/C15H13ClN2O7/c1-15(22,13-17-3-5-23-13)25-10-7-11-9(6-8(10)16)18(14(21)24-11)4-2-12(19)20/h3,5-7,22H,2,4H2,1H3,(H,19,20)/t15-/m1/s1. The Morgan fingerprint density at radius 3 is 2.88 bits per heavy atom. The highest BCUT2D eigenvalue weighted by atomic mass is 35.5. The molecule has 0 spiro atoms. The van der Waals surface area contributed by atoms with Gasteiger partial charge in [-0.1, -0.05) is 11.6 Å². The summed E-state index contributed by atoms with van der Waals surface area (Å²) in [4.78, 5) is 26.4. The summed E-state index contributed by atoms with van der Waals surface area (Å²) in [5.74, 6) is -3.70. The van der Waals surface area contributed by atoms with Gasteiger partial charge in [-0.05, 0) is 6.07 Å². The minimum atomic E-state index is -1.90. The summed E-state index contributed by atoms with van der Waals surface area (Å²) in [6.45, 7) is 1.25. The Morgan fingerprint density at radius 1 is 1.48 bits per heavy atom. The fraction of sp³-hybridized carbons (Fsp3) is 0.267. The summed E-state index contributed by atoms with van der Waals surface area (Å²) in [6, 6.07) is 2.72. The van der Waals surface area contributed by atoms with Gasteiger partial charge < -0.3 is 23.8 Å². The van der Waals surface area contributed by atoms with Crippen LogP contribution in [0.25, 0.3) is 11.1 Å². The number of benzene rings is 1. The quantitative estimate of drug-likeness (QED) is 0.632. The van der Waals surface area contributed by atoms with Crippen molar-refractivity contribution in [3.8, 4) is 5.75 Å². The van der Waals surface area contributed by atoms with E-state index in [0.717, 1.165) is 4.57 Å². The van der Waals surface area contributed by atoms with Gasteiger partial charge in [0.25, 0.3) is 11.7 Å². The van der Waals surface area contributed by atoms with Crippen molar-refractivity contribution in [3.63, 3.8) is 0 Å². The van der Waals surface area contributed by atoms with Gasteiger partial charge in [0.15, 0.2) is 5.58 Å². The zero-order valence-corrected chi connectivity index (χ0v) is 13.7. The Bertz CT molecular complexity index is 972. The van der Waals surface area contributed by atoms with Crippen LogP contribution < -0.4 is 10.5 Å². The maximum absolute atomic E-state index is 11.9. The normalized spacial score (nSPS) is 13.7. The molecule has 0 aliphatic heterocycles. The van der Waals surface area contributed by atoms with Crippen molar-refractivity contribution in [2.45, 2.75) is 25.7 Å². The van der Waals surface area contributed by atoms with Crippen LogP contribution in [0.4, 0.5) is 0 Å². The monoisotopic (exact) mass is 368 g/mol. The van der Waals surface area contributed by atoms with Gasteiger partial charge in [0.1, 0.15) is 12.0 Å². The minimum Gasteiger partial charge on any atom is -0.481 e. The predicted octanol–water partition coefficient (Wildman–Crippen LogP) is 1.95. The lowest BCUT2D eigenvalue weighted by atomic mass is 10.2. The van der Waals surface area contributed by atoms with E-state index in [2.05, 4.69) is 4.98 Å².